The van der Waals surface area contributed by atoms with Crippen molar-refractivity contribution in [2.75, 3.05) is 5.32 Å². The number of fused-ring (bicyclic) bond motifs is 1. The maximum absolute atomic E-state index is 12.5. The van der Waals surface area contributed by atoms with Crippen LogP contribution >= 0.6 is 34.5 Å². The highest BCUT2D eigenvalue weighted by molar-refractivity contribution is 7.15. The molecule has 0 unspecified atom stereocenters. The number of carbonyl (C=O) groups is 1. The third-order valence-electron chi connectivity index (χ3n) is 4.71. The fourth-order valence-corrected chi connectivity index (χ4v) is 4.46. The SMILES string of the molecule is Cn1c(=O)c2c(ncn2CC(=O)Nc2ncc(Cc3ccc(Cl)cc3Cl)s2)n(C)c1=O. The van der Waals surface area contributed by atoms with Crippen LogP contribution in [0.15, 0.2) is 40.3 Å². The number of aromatic nitrogens is 5. The van der Waals surface area contributed by atoms with Gasteiger partial charge in [0.2, 0.25) is 5.91 Å². The van der Waals surface area contributed by atoms with Crippen LogP contribution in [-0.2, 0) is 31.9 Å². The smallest absolute Gasteiger partial charge is 0.315 e. The van der Waals surface area contributed by atoms with Crippen LogP contribution in [0.3, 0.4) is 0 Å². The van der Waals surface area contributed by atoms with E-state index in [2.05, 4.69) is 15.3 Å². The van der Waals surface area contributed by atoms with Gasteiger partial charge in [-0.25, -0.2) is 14.8 Å². The quantitative estimate of drug-likeness (QED) is 0.474. The Morgan fingerprint density at radius 3 is 2.68 bits per heavy atom. The van der Waals surface area contributed by atoms with Gasteiger partial charge in [0.15, 0.2) is 16.3 Å². The highest BCUT2D eigenvalue weighted by atomic mass is 35.5. The lowest BCUT2D eigenvalue weighted by Crippen LogP contribution is -2.37. The van der Waals surface area contributed by atoms with E-state index in [1.807, 2.05) is 6.07 Å². The average molecular weight is 479 g/mol. The number of thiazole rings is 1. The summed E-state index contributed by atoms with van der Waals surface area (Å²) in [7, 11) is 2.90. The molecule has 31 heavy (non-hydrogen) atoms. The van der Waals surface area contributed by atoms with Crippen molar-refractivity contribution in [3.05, 3.63) is 72.0 Å². The molecule has 1 aromatic carbocycles. The van der Waals surface area contributed by atoms with Crippen molar-refractivity contribution in [1.82, 2.24) is 23.7 Å². The van der Waals surface area contributed by atoms with Gasteiger partial charge in [-0.1, -0.05) is 29.3 Å². The molecule has 0 saturated heterocycles. The number of benzene rings is 1. The normalized spacial score (nSPS) is 11.2. The first kappa shape index (κ1) is 21.3. The van der Waals surface area contributed by atoms with Crippen molar-refractivity contribution in [2.24, 2.45) is 14.1 Å². The zero-order valence-corrected chi connectivity index (χ0v) is 18.8. The second-order valence-electron chi connectivity index (χ2n) is 6.84. The standard InChI is InChI=1S/C19H16Cl2N6O3S/c1-25-16-15(17(29)26(2)19(25)30)27(9-23-16)8-14(28)24-18-22-7-12(31-18)5-10-3-4-11(20)6-13(10)21/h3-4,6-7,9H,5,8H2,1-2H3,(H,22,24,28). The van der Waals surface area contributed by atoms with E-state index in [4.69, 9.17) is 23.2 Å². The van der Waals surface area contributed by atoms with Crippen LogP contribution in [-0.4, -0.2) is 29.6 Å². The zero-order valence-electron chi connectivity index (χ0n) is 16.4. The van der Waals surface area contributed by atoms with Crippen LogP contribution in [0.5, 0.6) is 0 Å². The van der Waals surface area contributed by atoms with Gasteiger partial charge in [0, 0.05) is 41.6 Å². The molecule has 0 atom stereocenters. The minimum absolute atomic E-state index is 0.151. The van der Waals surface area contributed by atoms with Crippen LogP contribution in [0.2, 0.25) is 10.0 Å². The molecule has 1 amide bonds. The van der Waals surface area contributed by atoms with Crippen molar-refractivity contribution >= 4 is 56.7 Å². The molecule has 0 radical (unpaired) electrons. The number of imidazole rings is 1. The molecule has 0 bridgehead atoms. The van der Waals surface area contributed by atoms with Crippen LogP contribution in [0.4, 0.5) is 5.13 Å². The number of aryl methyl sites for hydroxylation is 1. The highest BCUT2D eigenvalue weighted by Gasteiger charge is 2.16. The monoisotopic (exact) mass is 478 g/mol. The first-order valence-corrected chi connectivity index (χ1v) is 10.6. The predicted octanol–water partition coefficient (Wildman–Crippen LogP) is 2.43. The van der Waals surface area contributed by atoms with Crippen molar-refractivity contribution in [3.8, 4) is 0 Å². The topological polar surface area (TPSA) is 104 Å². The molecule has 4 rings (SSSR count). The maximum Gasteiger partial charge on any atom is 0.332 e. The van der Waals surface area contributed by atoms with Gasteiger partial charge in [-0.05, 0) is 17.7 Å². The minimum atomic E-state index is -0.514. The molecule has 12 heteroatoms. The third kappa shape index (κ3) is 4.14. The number of carbonyl (C=O) groups excluding carboxylic acids is 1. The molecule has 3 heterocycles. The lowest BCUT2D eigenvalue weighted by atomic mass is 10.1. The molecule has 3 aromatic heterocycles. The summed E-state index contributed by atoms with van der Waals surface area (Å²) in [5.41, 5.74) is 0.302. The number of hydrogen-bond acceptors (Lipinski definition) is 6. The first-order valence-electron chi connectivity index (χ1n) is 9.04. The van der Waals surface area contributed by atoms with Gasteiger partial charge in [-0.3, -0.25) is 18.7 Å². The van der Waals surface area contributed by atoms with Crippen LogP contribution in [0.1, 0.15) is 10.4 Å². The number of nitrogens with zero attached hydrogens (tertiary/aromatic N) is 5. The zero-order chi connectivity index (χ0) is 22.3. The number of rotatable bonds is 5. The van der Waals surface area contributed by atoms with Gasteiger partial charge in [0.1, 0.15) is 6.54 Å². The van der Waals surface area contributed by atoms with E-state index in [0.717, 1.165) is 15.0 Å². The Kier molecular flexibility index (Phi) is 5.69. The van der Waals surface area contributed by atoms with Crippen LogP contribution in [0.25, 0.3) is 11.2 Å². The Bertz CT molecular complexity index is 1430. The Balaban J connectivity index is 1.50. The molecule has 0 aliphatic carbocycles. The number of hydrogen-bond donors (Lipinski definition) is 1. The molecule has 0 aliphatic rings. The van der Waals surface area contributed by atoms with Gasteiger partial charge >= 0.3 is 5.69 Å². The summed E-state index contributed by atoms with van der Waals surface area (Å²) in [5.74, 6) is -0.374. The fourth-order valence-electron chi connectivity index (χ4n) is 3.13. The molecule has 0 saturated carbocycles. The van der Waals surface area contributed by atoms with Gasteiger partial charge in [-0.2, -0.15) is 0 Å². The first-order chi connectivity index (χ1) is 14.7. The molecule has 0 fully saturated rings. The van der Waals surface area contributed by atoms with E-state index in [9.17, 15) is 14.4 Å². The van der Waals surface area contributed by atoms with Gasteiger partial charge < -0.3 is 9.88 Å². The Labute approximate surface area is 189 Å². The molecule has 4 aromatic rings. The van der Waals surface area contributed by atoms with Crippen LogP contribution < -0.4 is 16.6 Å². The Morgan fingerprint density at radius 1 is 1.16 bits per heavy atom. The summed E-state index contributed by atoms with van der Waals surface area (Å²) in [6, 6.07) is 5.29. The molecule has 0 aliphatic heterocycles. The summed E-state index contributed by atoms with van der Waals surface area (Å²) in [4.78, 5) is 46.3. The third-order valence-corrected chi connectivity index (χ3v) is 6.21. The Morgan fingerprint density at radius 2 is 1.94 bits per heavy atom. The van der Waals surface area contributed by atoms with Crippen LogP contribution in [0, 0.1) is 0 Å². The largest absolute Gasteiger partial charge is 0.332 e. The summed E-state index contributed by atoms with van der Waals surface area (Å²) in [6.07, 6.45) is 3.59. The average Bonchev–Trinajstić information content (AvgIpc) is 3.34. The minimum Gasteiger partial charge on any atom is -0.315 e. The number of halogens is 2. The van der Waals surface area contributed by atoms with E-state index < -0.39 is 11.2 Å². The summed E-state index contributed by atoms with van der Waals surface area (Å²) >= 11 is 13.5. The maximum atomic E-state index is 12.5. The predicted molar refractivity (Wildman–Crippen MR) is 120 cm³/mol. The van der Waals surface area contributed by atoms with Crippen molar-refractivity contribution < 1.29 is 4.79 Å². The van der Waals surface area contributed by atoms with Crippen molar-refractivity contribution in [1.29, 1.82) is 0 Å². The highest BCUT2D eigenvalue weighted by Crippen LogP contribution is 2.27. The molecule has 0 spiro atoms. The van der Waals surface area contributed by atoms with Gasteiger partial charge in [-0.15, -0.1) is 11.3 Å². The second kappa shape index (κ2) is 8.29. The lowest BCUT2D eigenvalue weighted by Gasteiger charge is -2.06. The van der Waals surface area contributed by atoms with Gasteiger partial charge in [0.25, 0.3) is 5.56 Å². The number of anilines is 1. The lowest BCUT2D eigenvalue weighted by molar-refractivity contribution is -0.116. The van der Waals surface area contributed by atoms with Gasteiger partial charge in [0.05, 0.1) is 6.33 Å². The summed E-state index contributed by atoms with van der Waals surface area (Å²) in [5, 5.41) is 4.28. The second-order valence-corrected chi connectivity index (χ2v) is 8.80. The molecule has 9 nitrogen and oxygen atoms in total. The van der Waals surface area contributed by atoms with Crippen molar-refractivity contribution in [2.45, 2.75) is 13.0 Å². The van der Waals surface area contributed by atoms with E-state index in [1.165, 1.54) is 40.9 Å². The summed E-state index contributed by atoms with van der Waals surface area (Å²) < 4.78 is 3.65. The number of amides is 1. The molecular formula is C19H16Cl2N6O3S. The van der Waals surface area contributed by atoms with E-state index in [1.54, 1.807) is 18.3 Å². The van der Waals surface area contributed by atoms with E-state index in [0.29, 0.717) is 21.6 Å². The number of nitrogens with one attached hydrogen (secondary N) is 1. The Hall–Kier alpha value is -2.95. The van der Waals surface area contributed by atoms with Crippen molar-refractivity contribution in [3.63, 3.8) is 0 Å². The summed E-state index contributed by atoms with van der Waals surface area (Å²) in [6.45, 7) is -0.151. The van der Waals surface area contributed by atoms with E-state index in [-0.39, 0.29) is 23.6 Å². The van der Waals surface area contributed by atoms with E-state index >= 15 is 0 Å². The fraction of sp³-hybridized carbons (Fsp3) is 0.211. The molecule has 160 valence electrons. The molecule has 1 N–H and O–H groups in total. The molecular weight excluding hydrogens is 463 g/mol.